The van der Waals surface area contributed by atoms with Gasteiger partial charge in [0.25, 0.3) is 0 Å². The monoisotopic (exact) mass is 447 g/mol. The van der Waals surface area contributed by atoms with Gasteiger partial charge in [0.05, 0.1) is 30.1 Å². The Kier molecular flexibility index (Phi) is 6.49. The van der Waals surface area contributed by atoms with Crippen molar-refractivity contribution in [3.05, 3.63) is 57.6 Å². The maximum atomic E-state index is 13.0. The van der Waals surface area contributed by atoms with Crippen LogP contribution in [-0.2, 0) is 16.1 Å². The first-order valence-corrected chi connectivity index (χ1v) is 9.35. The zero-order valence-corrected chi connectivity index (χ0v) is 17.1. The Bertz CT molecular complexity index is 1100. The van der Waals surface area contributed by atoms with E-state index in [2.05, 4.69) is 9.98 Å². The summed E-state index contributed by atoms with van der Waals surface area (Å²) < 4.78 is 5.15. The molecule has 1 heterocycles. The normalized spacial score (nSPS) is 12.0. The van der Waals surface area contributed by atoms with Crippen molar-refractivity contribution in [2.75, 3.05) is 12.0 Å². The summed E-state index contributed by atoms with van der Waals surface area (Å²) in [6.07, 6.45) is 0.765. The second-order valence-corrected chi connectivity index (χ2v) is 7.03. The van der Waals surface area contributed by atoms with Crippen LogP contribution in [0.15, 0.2) is 46.4 Å². The van der Waals surface area contributed by atoms with Crippen molar-refractivity contribution in [2.45, 2.75) is 13.0 Å². The van der Waals surface area contributed by atoms with E-state index in [9.17, 15) is 19.5 Å². The number of aromatic carboxylic acids is 1. The number of nitrogens with zero attached hydrogens (tertiary/aromatic N) is 3. The number of benzene rings is 2. The third kappa shape index (κ3) is 4.67. The van der Waals surface area contributed by atoms with Gasteiger partial charge in [-0.3, -0.25) is 9.59 Å². The molecule has 0 atom stereocenters. The van der Waals surface area contributed by atoms with E-state index in [1.54, 1.807) is 18.2 Å². The predicted molar refractivity (Wildman–Crippen MR) is 113 cm³/mol. The standard InChI is InChI=1S/C20H15Cl2N3O5/c1-30-17-7-12(3-4-13(17)20(28)29)25(9-11-2-5-14(21)15(22)6-11)18(27)8-16(26)19-23-10-24-19/h2-7,10H,8-9H2,1H3,(H,28,29). The number of anilines is 1. The van der Waals surface area contributed by atoms with Crippen LogP contribution in [-0.4, -0.2) is 42.1 Å². The second-order valence-electron chi connectivity index (χ2n) is 6.22. The fraction of sp³-hybridized carbons (Fsp3) is 0.150. The summed E-state index contributed by atoms with van der Waals surface area (Å²) in [6.45, 7) is 0.0638. The number of carboxylic acids is 1. The van der Waals surface area contributed by atoms with Gasteiger partial charge < -0.3 is 14.7 Å². The van der Waals surface area contributed by atoms with Gasteiger partial charge in [-0.15, -0.1) is 0 Å². The minimum absolute atomic E-state index is 0.0170. The highest BCUT2D eigenvalue weighted by Crippen LogP contribution is 2.29. The Labute approximate surface area is 181 Å². The van der Waals surface area contributed by atoms with Crippen molar-refractivity contribution >= 4 is 58.7 Å². The minimum atomic E-state index is -1.17. The maximum absolute atomic E-state index is 13.0. The number of halogens is 2. The van der Waals surface area contributed by atoms with Crippen LogP contribution in [0, 0.1) is 0 Å². The molecule has 0 aromatic heterocycles. The second kappa shape index (κ2) is 9.06. The molecule has 1 amide bonds. The summed E-state index contributed by atoms with van der Waals surface area (Å²) in [5.41, 5.74) is 0.947. The van der Waals surface area contributed by atoms with Gasteiger partial charge in [0, 0.05) is 11.8 Å². The lowest BCUT2D eigenvalue weighted by atomic mass is 10.1. The van der Waals surface area contributed by atoms with Crippen molar-refractivity contribution in [2.24, 2.45) is 9.98 Å². The highest BCUT2D eigenvalue weighted by Gasteiger charge is 2.25. The Morgan fingerprint density at radius 3 is 2.40 bits per heavy atom. The maximum Gasteiger partial charge on any atom is 0.339 e. The molecule has 1 N–H and O–H groups in total. The molecule has 30 heavy (non-hydrogen) atoms. The zero-order chi connectivity index (χ0) is 21.8. The van der Waals surface area contributed by atoms with Gasteiger partial charge >= 0.3 is 5.97 Å². The molecule has 0 fully saturated rings. The van der Waals surface area contributed by atoms with E-state index in [-0.39, 0.29) is 23.7 Å². The Balaban J connectivity index is 1.95. The average molecular weight is 448 g/mol. The van der Waals surface area contributed by atoms with Crippen molar-refractivity contribution < 1.29 is 24.2 Å². The third-order valence-corrected chi connectivity index (χ3v) is 5.01. The molecular weight excluding hydrogens is 433 g/mol. The lowest BCUT2D eigenvalue weighted by Gasteiger charge is -2.24. The number of ketones is 1. The summed E-state index contributed by atoms with van der Waals surface area (Å²) in [5, 5.41) is 9.96. The molecule has 0 unspecified atom stereocenters. The lowest BCUT2D eigenvalue weighted by molar-refractivity contribution is -0.123. The summed E-state index contributed by atoms with van der Waals surface area (Å²) >= 11 is 12.0. The Hall–Kier alpha value is -3.23. The van der Waals surface area contributed by atoms with Crippen LogP contribution in [0.1, 0.15) is 22.3 Å². The first-order chi connectivity index (χ1) is 14.3. The van der Waals surface area contributed by atoms with Crippen molar-refractivity contribution in [1.29, 1.82) is 0 Å². The average Bonchev–Trinajstić information content (AvgIpc) is 2.66. The number of rotatable bonds is 8. The molecule has 8 nitrogen and oxygen atoms in total. The van der Waals surface area contributed by atoms with Crippen molar-refractivity contribution in [1.82, 2.24) is 0 Å². The quantitative estimate of drug-likeness (QED) is 0.621. The minimum Gasteiger partial charge on any atom is -0.496 e. The number of amidine groups is 1. The van der Waals surface area contributed by atoms with E-state index >= 15 is 0 Å². The van der Waals surface area contributed by atoms with Gasteiger partial charge in [0.1, 0.15) is 17.7 Å². The van der Waals surface area contributed by atoms with Gasteiger partial charge in [-0.1, -0.05) is 29.3 Å². The molecule has 3 rings (SSSR count). The first-order valence-electron chi connectivity index (χ1n) is 8.59. The molecule has 0 bridgehead atoms. The highest BCUT2D eigenvalue weighted by atomic mass is 35.5. The van der Waals surface area contributed by atoms with Gasteiger partial charge in [-0.2, -0.15) is 0 Å². The van der Waals surface area contributed by atoms with Crippen molar-refractivity contribution in [3.8, 4) is 5.75 Å². The van der Waals surface area contributed by atoms with E-state index in [1.165, 1.54) is 36.5 Å². The van der Waals surface area contributed by atoms with Gasteiger partial charge in [0.2, 0.25) is 11.7 Å². The molecule has 0 saturated heterocycles. The molecule has 0 radical (unpaired) electrons. The fourth-order valence-corrected chi connectivity index (χ4v) is 3.06. The number of Topliss-reactive ketones (excluding diaryl/α,β-unsaturated/α-hetero) is 1. The molecule has 0 aliphatic carbocycles. The summed E-state index contributed by atoms with van der Waals surface area (Å²) in [5.74, 6) is -2.16. The summed E-state index contributed by atoms with van der Waals surface area (Å²) in [7, 11) is 1.33. The molecular formula is C20H15Cl2N3O5. The topological polar surface area (TPSA) is 109 Å². The molecule has 1 aliphatic heterocycles. The summed E-state index contributed by atoms with van der Waals surface area (Å²) in [6, 6.07) is 9.11. The van der Waals surface area contributed by atoms with Crippen LogP contribution in [0.3, 0.4) is 0 Å². The van der Waals surface area contributed by atoms with Crippen LogP contribution < -0.4 is 9.64 Å². The first kappa shape index (κ1) is 21.5. The number of hydrogen-bond acceptors (Lipinski definition) is 6. The smallest absolute Gasteiger partial charge is 0.339 e. The molecule has 1 aliphatic rings. The van der Waals surface area contributed by atoms with Gasteiger partial charge in [-0.05, 0) is 29.8 Å². The molecule has 0 spiro atoms. The number of carboxylic acid groups (broad SMARTS) is 1. The molecule has 10 heteroatoms. The van der Waals surface area contributed by atoms with Crippen LogP contribution >= 0.6 is 23.2 Å². The van der Waals surface area contributed by atoms with E-state index in [4.69, 9.17) is 27.9 Å². The highest BCUT2D eigenvalue weighted by molar-refractivity contribution is 6.46. The molecule has 0 saturated carbocycles. The largest absolute Gasteiger partial charge is 0.496 e. The van der Waals surface area contributed by atoms with E-state index < -0.39 is 24.1 Å². The Morgan fingerprint density at radius 1 is 1.10 bits per heavy atom. The number of methoxy groups -OCH3 is 1. The molecule has 2 aromatic rings. The SMILES string of the molecule is COc1cc(N(Cc2ccc(Cl)c(Cl)c2)C(=O)CC(=O)C2=NC=N2)ccc1C(=O)O. The predicted octanol–water partition coefficient (Wildman–Crippen LogP) is 3.63. The number of amides is 1. The van der Waals surface area contributed by atoms with E-state index in [1.807, 2.05) is 0 Å². The van der Waals surface area contributed by atoms with Crippen LogP contribution in [0.5, 0.6) is 5.75 Å². The van der Waals surface area contributed by atoms with Gasteiger partial charge in [0.15, 0.2) is 5.84 Å². The molecule has 154 valence electrons. The van der Waals surface area contributed by atoms with Crippen LogP contribution in [0.25, 0.3) is 0 Å². The van der Waals surface area contributed by atoms with Crippen molar-refractivity contribution in [3.63, 3.8) is 0 Å². The van der Waals surface area contributed by atoms with Crippen LogP contribution in [0.4, 0.5) is 5.69 Å². The van der Waals surface area contributed by atoms with E-state index in [0.29, 0.717) is 21.3 Å². The van der Waals surface area contributed by atoms with E-state index in [0.717, 1.165) is 0 Å². The molecule has 2 aromatic carbocycles. The zero-order valence-electron chi connectivity index (χ0n) is 15.6. The number of hydrogen-bond donors (Lipinski definition) is 1. The number of carbonyl (C=O) groups excluding carboxylic acids is 2. The lowest BCUT2D eigenvalue weighted by Crippen LogP contribution is -2.34. The number of carbonyl (C=O) groups is 3. The van der Waals surface area contributed by atoms with Gasteiger partial charge in [-0.25, -0.2) is 14.8 Å². The number of aliphatic imine (C=N–C) groups is 2. The third-order valence-electron chi connectivity index (χ3n) is 4.27. The fourth-order valence-electron chi connectivity index (χ4n) is 2.74. The Morgan fingerprint density at radius 2 is 1.83 bits per heavy atom. The summed E-state index contributed by atoms with van der Waals surface area (Å²) in [4.78, 5) is 45.2. The number of ether oxygens (including phenoxy) is 1. The van der Waals surface area contributed by atoms with Crippen LogP contribution in [0.2, 0.25) is 10.0 Å².